The summed E-state index contributed by atoms with van der Waals surface area (Å²) < 4.78 is 32.7. The van der Waals surface area contributed by atoms with E-state index in [1.807, 2.05) is 17.1 Å². The van der Waals surface area contributed by atoms with E-state index in [1.54, 1.807) is 6.20 Å². The molecule has 3 aromatic rings. The van der Waals surface area contributed by atoms with E-state index in [1.165, 1.54) is 19.3 Å². The van der Waals surface area contributed by atoms with Crippen molar-refractivity contribution in [2.45, 2.75) is 58.2 Å². The molecule has 0 unspecified atom stereocenters. The molecule has 4 rings (SSSR count). The Kier molecular flexibility index (Phi) is 6.03. The lowest BCUT2D eigenvalue weighted by Crippen LogP contribution is -2.15. The third-order valence-corrected chi connectivity index (χ3v) is 5.44. The number of nitrogens with zero attached hydrogens (tertiary/aromatic N) is 5. The molecule has 1 N–H and O–H groups in total. The van der Waals surface area contributed by atoms with Gasteiger partial charge in [-0.1, -0.05) is 19.3 Å². The summed E-state index contributed by atoms with van der Waals surface area (Å²) in [6.45, 7) is 0.212. The molecule has 0 radical (unpaired) electrons. The molecular weight excluding hydrogens is 378 g/mol. The Hall–Kier alpha value is -2.55. The number of alkyl halides is 2. The Morgan fingerprint density at radius 3 is 2.76 bits per heavy atom. The molecule has 1 fully saturated rings. The number of ether oxygens (including phenoxy) is 1. The molecule has 0 atom stereocenters. The third kappa shape index (κ3) is 4.39. The van der Waals surface area contributed by atoms with E-state index in [0.717, 1.165) is 41.5 Å². The number of anilines is 1. The first-order chi connectivity index (χ1) is 14.2. The van der Waals surface area contributed by atoms with Crippen molar-refractivity contribution in [2.75, 3.05) is 18.5 Å². The molecule has 3 heterocycles. The third-order valence-electron chi connectivity index (χ3n) is 5.44. The van der Waals surface area contributed by atoms with Gasteiger partial charge in [0.25, 0.3) is 0 Å². The van der Waals surface area contributed by atoms with Crippen LogP contribution in [0.25, 0.3) is 22.2 Å². The monoisotopic (exact) mass is 404 g/mol. The molecule has 0 aromatic carbocycles. The van der Waals surface area contributed by atoms with Crippen molar-refractivity contribution < 1.29 is 13.5 Å². The number of fused-ring (bicyclic) bond motifs is 1. The van der Waals surface area contributed by atoms with Crippen LogP contribution in [-0.2, 0) is 11.3 Å². The molecule has 9 heteroatoms. The van der Waals surface area contributed by atoms with Gasteiger partial charge in [0.1, 0.15) is 5.65 Å². The molecule has 1 saturated carbocycles. The second kappa shape index (κ2) is 8.86. The van der Waals surface area contributed by atoms with E-state index >= 15 is 0 Å². The van der Waals surface area contributed by atoms with Gasteiger partial charge in [0, 0.05) is 54.2 Å². The molecule has 0 spiro atoms. The maximum absolute atomic E-state index is 12.1. The fourth-order valence-electron chi connectivity index (χ4n) is 3.97. The van der Waals surface area contributed by atoms with Crippen LogP contribution in [0.5, 0.6) is 0 Å². The predicted octanol–water partition coefficient (Wildman–Crippen LogP) is 4.47. The van der Waals surface area contributed by atoms with Crippen LogP contribution in [0.4, 0.5) is 14.7 Å². The van der Waals surface area contributed by atoms with Gasteiger partial charge in [-0.2, -0.15) is 18.9 Å². The van der Waals surface area contributed by atoms with Crippen molar-refractivity contribution >= 4 is 17.0 Å². The van der Waals surface area contributed by atoms with Gasteiger partial charge in [0.15, 0.2) is 0 Å². The van der Waals surface area contributed by atoms with E-state index in [2.05, 4.69) is 37.8 Å². The lowest BCUT2D eigenvalue weighted by atomic mass is 9.95. The number of hydrogen-bond donors (Lipinski definition) is 1. The summed E-state index contributed by atoms with van der Waals surface area (Å²) >= 11 is 0. The minimum Gasteiger partial charge on any atom is -0.352 e. The Morgan fingerprint density at radius 2 is 2.03 bits per heavy atom. The molecule has 1 aliphatic carbocycles. The molecule has 7 nitrogen and oxygen atoms in total. The summed E-state index contributed by atoms with van der Waals surface area (Å²) in [6.07, 6.45) is 13.8. The molecule has 0 saturated heterocycles. The number of rotatable bonds is 8. The summed E-state index contributed by atoms with van der Waals surface area (Å²) in [4.78, 5) is 9.10. The van der Waals surface area contributed by atoms with Gasteiger partial charge in [-0.3, -0.25) is 4.68 Å². The molecule has 29 heavy (non-hydrogen) atoms. The second-order valence-electron chi connectivity index (χ2n) is 7.32. The van der Waals surface area contributed by atoms with E-state index in [0.29, 0.717) is 12.0 Å². The fraction of sp³-hybridized carbons (Fsp3) is 0.550. The molecule has 156 valence electrons. The summed E-state index contributed by atoms with van der Waals surface area (Å²) in [6, 6.07) is 0.408. The van der Waals surface area contributed by atoms with E-state index in [4.69, 9.17) is 4.98 Å². The summed E-state index contributed by atoms with van der Waals surface area (Å²) in [5.41, 5.74) is 2.97. The fourth-order valence-corrected chi connectivity index (χ4v) is 3.97. The van der Waals surface area contributed by atoms with Crippen molar-refractivity contribution in [1.29, 1.82) is 0 Å². The number of aryl methyl sites for hydroxylation is 1. The van der Waals surface area contributed by atoms with Crippen LogP contribution in [-0.4, -0.2) is 44.1 Å². The van der Waals surface area contributed by atoms with E-state index < -0.39 is 6.61 Å². The smallest absolute Gasteiger partial charge is 0.345 e. The average Bonchev–Trinajstić information content (AvgIpc) is 3.36. The Labute approximate surface area is 168 Å². The first kappa shape index (κ1) is 19.8. The van der Waals surface area contributed by atoms with Gasteiger partial charge in [-0.05, 0) is 19.8 Å². The normalized spacial score (nSPS) is 15.4. The van der Waals surface area contributed by atoms with Crippen LogP contribution in [0, 0.1) is 0 Å². The molecule has 3 aromatic heterocycles. The minimum atomic E-state index is -2.77. The van der Waals surface area contributed by atoms with Gasteiger partial charge in [0.05, 0.1) is 12.8 Å². The van der Waals surface area contributed by atoms with Gasteiger partial charge in [0.2, 0.25) is 5.95 Å². The highest BCUT2D eigenvalue weighted by atomic mass is 19.3. The Balaban J connectivity index is 1.67. The maximum Gasteiger partial charge on any atom is 0.345 e. The first-order valence-corrected chi connectivity index (χ1v) is 10.2. The zero-order chi connectivity index (χ0) is 20.2. The Bertz CT molecular complexity index is 948. The quantitative estimate of drug-likeness (QED) is 0.561. The summed E-state index contributed by atoms with van der Waals surface area (Å²) in [5, 5.41) is 8.35. The highest BCUT2D eigenvalue weighted by molar-refractivity contribution is 5.93. The average molecular weight is 404 g/mol. The zero-order valence-electron chi connectivity index (χ0n) is 16.5. The zero-order valence-corrected chi connectivity index (χ0v) is 16.5. The number of halogens is 2. The van der Waals surface area contributed by atoms with Crippen LogP contribution >= 0.6 is 0 Å². The van der Waals surface area contributed by atoms with Gasteiger partial charge in [-0.15, -0.1) is 0 Å². The number of hydrogen-bond acceptors (Lipinski definition) is 5. The first-order valence-electron chi connectivity index (χ1n) is 10.2. The van der Waals surface area contributed by atoms with Crippen LogP contribution in [0.15, 0.2) is 24.8 Å². The van der Waals surface area contributed by atoms with Crippen molar-refractivity contribution in [3.8, 4) is 11.1 Å². The summed E-state index contributed by atoms with van der Waals surface area (Å²) in [7, 11) is 0. The highest BCUT2D eigenvalue weighted by Gasteiger charge is 2.21. The van der Waals surface area contributed by atoms with Gasteiger partial charge in [-0.25, -0.2) is 4.98 Å². The van der Waals surface area contributed by atoms with Crippen LogP contribution < -0.4 is 5.32 Å². The predicted molar refractivity (Wildman–Crippen MR) is 107 cm³/mol. The van der Waals surface area contributed by atoms with Crippen molar-refractivity contribution in [3.05, 3.63) is 24.8 Å². The maximum atomic E-state index is 12.1. The largest absolute Gasteiger partial charge is 0.352 e. The highest BCUT2D eigenvalue weighted by Crippen LogP contribution is 2.36. The van der Waals surface area contributed by atoms with Crippen LogP contribution in [0.2, 0.25) is 0 Å². The van der Waals surface area contributed by atoms with E-state index in [9.17, 15) is 8.78 Å². The number of aromatic nitrogens is 5. The van der Waals surface area contributed by atoms with Crippen LogP contribution in [0.3, 0.4) is 0 Å². The molecule has 0 aliphatic heterocycles. The topological polar surface area (TPSA) is 69.8 Å². The number of nitrogens with one attached hydrogen (secondary N) is 1. The molecule has 0 bridgehead atoms. The van der Waals surface area contributed by atoms with Crippen molar-refractivity contribution in [2.24, 2.45) is 0 Å². The molecular formula is C20H26F2N6O. The minimum absolute atomic E-state index is 0.107. The van der Waals surface area contributed by atoms with Crippen molar-refractivity contribution in [3.63, 3.8) is 0 Å². The second-order valence-corrected chi connectivity index (χ2v) is 7.32. The molecule has 0 amide bonds. The lowest BCUT2D eigenvalue weighted by Gasteiger charge is -2.23. The summed E-state index contributed by atoms with van der Waals surface area (Å²) in [5.74, 6) is 0.418. The SMILES string of the molecule is CCn1cc(-c2cn(C3CCCCC3)c3nc(NCCOC(F)F)ncc23)cn1. The van der Waals surface area contributed by atoms with E-state index in [-0.39, 0.29) is 13.2 Å². The lowest BCUT2D eigenvalue weighted by molar-refractivity contribution is -0.125. The van der Waals surface area contributed by atoms with Gasteiger partial charge < -0.3 is 14.6 Å². The molecule has 1 aliphatic rings. The Morgan fingerprint density at radius 1 is 1.21 bits per heavy atom. The van der Waals surface area contributed by atoms with Crippen LogP contribution in [0.1, 0.15) is 45.1 Å². The van der Waals surface area contributed by atoms with Crippen molar-refractivity contribution in [1.82, 2.24) is 24.3 Å². The van der Waals surface area contributed by atoms with Gasteiger partial charge >= 0.3 is 6.61 Å². The standard InChI is InChI=1S/C20H26F2N6O/c1-2-27-12-14(10-25-27)17-13-28(15-6-4-3-5-7-15)18-16(17)11-24-20(26-18)23-8-9-29-19(21)22/h10-13,15,19H,2-9H2,1H3,(H,23,24,26).